The summed E-state index contributed by atoms with van der Waals surface area (Å²) in [5.74, 6) is -0.696. The molecule has 10 atom stereocenters. The first-order valence-corrected chi connectivity index (χ1v) is 14.0. The van der Waals surface area contributed by atoms with Gasteiger partial charge in [-0.05, 0) is 0 Å². The molecule has 0 amide bonds. The fourth-order valence-electron chi connectivity index (χ4n) is 4.32. The highest BCUT2D eigenvalue weighted by Crippen LogP contribution is 2.27. The van der Waals surface area contributed by atoms with E-state index in [2.05, 4.69) is 0 Å². The molecule has 0 bridgehead atoms. The zero-order valence-electron chi connectivity index (χ0n) is 23.8. The summed E-state index contributed by atoms with van der Waals surface area (Å²) < 4.78 is 44.3. The minimum atomic E-state index is -1.15. The molecule has 2 rings (SSSR count). The van der Waals surface area contributed by atoms with Crippen LogP contribution in [0.1, 0.15) is 20.8 Å². The molecule has 4 unspecified atom stereocenters. The standard InChI is InChI=1S/C26H50O14/c1-16(14-35-6-4-33-8-10-37-25-17(2)21(29)23(31)19(12-27)39-25)15-36-7-5-34-9-11-38-26-18(3)22(30)24(32)20(13-28)40-26/h16-32H,4-15H2,1-3H3/t16?,17?,18?,19?,20?,21-,22-,23+,24+,25-,26-/m1/s1. The molecule has 0 radical (unpaired) electrons. The van der Waals surface area contributed by atoms with Crippen molar-refractivity contribution in [3.8, 4) is 0 Å². The highest BCUT2D eigenvalue weighted by atomic mass is 16.7. The van der Waals surface area contributed by atoms with Crippen molar-refractivity contribution in [3.63, 3.8) is 0 Å². The van der Waals surface area contributed by atoms with Crippen molar-refractivity contribution in [1.82, 2.24) is 0 Å². The van der Waals surface area contributed by atoms with Crippen molar-refractivity contribution < 1.29 is 68.5 Å². The van der Waals surface area contributed by atoms with E-state index in [1.165, 1.54) is 0 Å². The van der Waals surface area contributed by atoms with E-state index in [0.29, 0.717) is 52.9 Å². The van der Waals surface area contributed by atoms with E-state index in [1.54, 1.807) is 13.8 Å². The average molecular weight is 587 g/mol. The number of ether oxygens (including phenoxy) is 8. The van der Waals surface area contributed by atoms with Gasteiger partial charge in [-0.2, -0.15) is 0 Å². The number of rotatable bonds is 20. The van der Waals surface area contributed by atoms with Crippen molar-refractivity contribution in [1.29, 1.82) is 0 Å². The van der Waals surface area contributed by atoms with Crippen LogP contribution in [0.5, 0.6) is 0 Å². The lowest BCUT2D eigenvalue weighted by Gasteiger charge is -2.40. The van der Waals surface area contributed by atoms with Gasteiger partial charge < -0.3 is 68.5 Å². The van der Waals surface area contributed by atoms with Crippen LogP contribution in [-0.4, -0.2) is 159 Å². The van der Waals surface area contributed by atoms with E-state index in [1.807, 2.05) is 6.92 Å². The third kappa shape index (κ3) is 11.6. The van der Waals surface area contributed by atoms with E-state index in [0.717, 1.165) is 0 Å². The van der Waals surface area contributed by atoms with Gasteiger partial charge in [0.15, 0.2) is 12.6 Å². The first-order chi connectivity index (χ1) is 19.2. The molecule has 14 heteroatoms. The number of hydrogen-bond acceptors (Lipinski definition) is 14. The average Bonchev–Trinajstić information content (AvgIpc) is 2.95. The predicted octanol–water partition coefficient (Wildman–Crippen LogP) is -2.13. The third-order valence-corrected chi connectivity index (χ3v) is 6.94. The molecule has 40 heavy (non-hydrogen) atoms. The molecule has 14 nitrogen and oxygen atoms in total. The Morgan fingerprint density at radius 2 is 0.900 bits per heavy atom. The Kier molecular flexibility index (Phi) is 17.5. The van der Waals surface area contributed by atoms with Crippen LogP contribution in [-0.2, 0) is 37.9 Å². The van der Waals surface area contributed by atoms with Crippen molar-refractivity contribution in [2.75, 3.05) is 79.3 Å². The van der Waals surface area contributed by atoms with Gasteiger partial charge in [-0.3, -0.25) is 0 Å². The van der Waals surface area contributed by atoms with E-state index in [-0.39, 0.29) is 19.1 Å². The van der Waals surface area contributed by atoms with Gasteiger partial charge in [0, 0.05) is 17.8 Å². The minimum Gasteiger partial charge on any atom is -0.394 e. The topological polar surface area (TPSA) is 195 Å². The summed E-state index contributed by atoms with van der Waals surface area (Å²) in [6.45, 7) is 8.33. The zero-order valence-corrected chi connectivity index (χ0v) is 23.8. The van der Waals surface area contributed by atoms with Crippen LogP contribution < -0.4 is 0 Å². The van der Waals surface area contributed by atoms with Crippen LogP contribution in [0.3, 0.4) is 0 Å². The molecule has 0 aliphatic carbocycles. The van der Waals surface area contributed by atoms with E-state index < -0.39 is 74.3 Å². The maximum Gasteiger partial charge on any atom is 0.163 e. The molecule has 2 aliphatic rings. The largest absolute Gasteiger partial charge is 0.394 e. The molecule has 0 aromatic carbocycles. The second kappa shape index (κ2) is 19.6. The van der Waals surface area contributed by atoms with Crippen LogP contribution in [0.2, 0.25) is 0 Å². The monoisotopic (exact) mass is 586 g/mol. The summed E-state index contributed by atoms with van der Waals surface area (Å²) in [6.07, 6.45) is -7.61. The quantitative estimate of drug-likeness (QED) is 0.0847. The summed E-state index contributed by atoms with van der Waals surface area (Å²) in [5.41, 5.74) is 0. The lowest BCUT2D eigenvalue weighted by Crippen LogP contribution is -2.55. The summed E-state index contributed by atoms with van der Waals surface area (Å²) in [7, 11) is 0. The lowest BCUT2D eigenvalue weighted by molar-refractivity contribution is -0.284. The van der Waals surface area contributed by atoms with Gasteiger partial charge in [0.25, 0.3) is 0 Å². The molecule has 2 fully saturated rings. The van der Waals surface area contributed by atoms with Crippen molar-refractivity contribution in [2.24, 2.45) is 17.8 Å². The highest BCUT2D eigenvalue weighted by Gasteiger charge is 2.43. The first-order valence-electron chi connectivity index (χ1n) is 14.0. The molecule has 2 aliphatic heterocycles. The van der Waals surface area contributed by atoms with E-state index in [4.69, 9.17) is 37.9 Å². The van der Waals surface area contributed by atoms with Crippen LogP contribution in [0, 0.1) is 17.8 Å². The Bertz CT molecular complexity index is 589. The fraction of sp³-hybridized carbons (Fsp3) is 1.00. The molecule has 2 saturated heterocycles. The Hall–Kier alpha value is -0.560. The molecule has 2 heterocycles. The van der Waals surface area contributed by atoms with Gasteiger partial charge in [0.1, 0.15) is 24.4 Å². The minimum absolute atomic E-state index is 0.184. The van der Waals surface area contributed by atoms with Gasteiger partial charge in [-0.1, -0.05) is 20.8 Å². The van der Waals surface area contributed by atoms with Crippen LogP contribution in [0.15, 0.2) is 0 Å². The third-order valence-electron chi connectivity index (χ3n) is 6.94. The van der Waals surface area contributed by atoms with Crippen LogP contribution in [0.4, 0.5) is 0 Å². The Labute approximate surface area is 236 Å². The van der Waals surface area contributed by atoms with E-state index in [9.17, 15) is 30.6 Å². The molecule has 0 spiro atoms. The fourth-order valence-corrected chi connectivity index (χ4v) is 4.32. The Balaban J connectivity index is 1.38. The highest BCUT2D eigenvalue weighted by molar-refractivity contribution is 4.87. The van der Waals surface area contributed by atoms with Crippen molar-refractivity contribution in [2.45, 2.75) is 70.0 Å². The smallest absolute Gasteiger partial charge is 0.163 e. The molecule has 238 valence electrons. The van der Waals surface area contributed by atoms with Crippen LogP contribution >= 0.6 is 0 Å². The first kappa shape index (κ1) is 35.6. The second-order valence-corrected chi connectivity index (χ2v) is 10.4. The van der Waals surface area contributed by atoms with Gasteiger partial charge in [0.05, 0.1) is 91.5 Å². The predicted molar refractivity (Wildman–Crippen MR) is 138 cm³/mol. The number of aliphatic hydroxyl groups is 6. The number of aliphatic hydroxyl groups excluding tert-OH is 6. The van der Waals surface area contributed by atoms with Crippen molar-refractivity contribution >= 4 is 0 Å². The van der Waals surface area contributed by atoms with Crippen molar-refractivity contribution in [3.05, 3.63) is 0 Å². The van der Waals surface area contributed by atoms with Gasteiger partial charge in [-0.25, -0.2) is 0 Å². The summed E-state index contributed by atoms with van der Waals surface area (Å²) >= 11 is 0. The maximum atomic E-state index is 10.0. The normalized spacial score (nSPS) is 35.6. The summed E-state index contributed by atoms with van der Waals surface area (Å²) in [4.78, 5) is 0. The number of hydrogen-bond donors (Lipinski definition) is 6. The summed E-state index contributed by atoms with van der Waals surface area (Å²) in [6, 6.07) is 0. The molecule has 0 aromatic heterocycles. The van der Waals surface area contributed by atoms with Gasteiger partial charge in [0.2, 0.25) is 0 Å². The second-order valence-electron chi connectivity index (χ2n) is 10.4. The summed E-state index contributed by atoms with van der Waals surface area (Å²) in [5, 5.41) is 58.3. The Morgan fingerprint density at radius 1 is 0.550 bits per heavy atom. The van der Waals surface area contributed by atoms with Crippen LogP contribution in [0.25, 0.3) is 0 Å². The van der Waals surface area contributed by atoms with Gasteiger partial charge in [-0.15, -0.1) is 0 Å². The van der Waals surface area contributed by atoms with Gasteiger partial charge >= 0.3 is 0 Å². The molecule has 6 N–H and O–H groups in total. The molecule has 0 saturated carbocycles. The lowest BCUT2D eigenvalue weighted by atomic mass is 9.92. The Morgan fingerprint density at radius 3 is 1.27 bits per heavy atom. The van der Waals surface area contributed by atoms with E-state index >= 15 is 0 Å². The zero-order chi connectivity index (χ0) is 29.5. The maximum absolute atomic E-state index is 10.0. The SMILES string of the molecule is CC(COCCOCCO[C@@H]1OC(CO)[C@H](O)[C@H](O)C1C)COCCOCCO[C@@H]1OC(CO)[C@H](O)[C@H](O)C1C. The molecule has 0 aromatic rings. The molecular formula is C26H50O14. The molecular weight excluding hydrogens is 536 g/mol.